The Balaban J connectivity index is 0.00000210. The summed E-state index contributed by atoms with van der Waals surface area (Å²) in [5, 5.41) is 6.47. The summed E-state index contributed by atoms with van der Waals surface area (Å²) in [4.78, 5) is 26.2. The number of carbonyl (C=O) groups excluding carboxylic acids is 2. The van der Waals surface area contributed by atoms with Crippen LogP contribution in [0.1, 0.15) is 44.1 Å². The van der Waals surface area contributed by atoms with Crippen LogP contribution < -0.4 is 16.4 Å². The van der Waals surface area contributed by atoms with Crippen molar-refractivity contribution in [3.8, 4) is 0 Å². The van der Waals surface area contributed by atoms with Gasteiger partial charge in [-0.25, -0.2) is 0 Å². The third-order valence-corrected chi connectivity index (χ3v) is 5.83. The molecule has 2 amide bonds. The molecule has 2 saturated heterocycles. The minimum absolute atomic E-state index is 0. The molecule has 1 aromatic rings. The predicted molar refractivity (Wildman–Crippen MR) is 122 cm³/mol. The zero-order valence-corrected chi connectivity index (χ0v) is 18.5. The minimum atomic E-state index is -0.209. The number of nitrogens with two attached hydrogens (primary N) is 1. The van der Waals surface area contributed by atoms with E-state index >= 15 is 0 Å². The van der Waals surface area contributed by atoms with E-state index in [0.717, 1.165) is 56.7 Å². The van der Waals surface area contributed by atoms with Crippen LogP contribution in [0.4, 0.5) is 5.69 Å². The Morgan fingerprint density at radius 3 is 2.59 bits per heavy atom. The standard InChI is InChI=1S/C21H32N4O2.2ClH/c22-21(27)18-5-3-13-25(15-18)14-17-4-1-2-6-19(17)24-20(26)8-7-16-9-11-23-12-10-16;;/h1-2,4,6,16,18,23H,3,5,7-15H2,(H2,22,27)(H,24,26);2*1H. The number of benzene rings is 1. The van der Waals surface area contributed by atoms with Crippen LogP contribution in [-0.2, 0) is 16.1 Å². The van der Waals surface area contributed by atoms with Gasteiger partial charge in [-0.05, 0) is 69.3 Å². The molecule has 4 N–H and O–H groups in total. The first-order valence-corrected chi connectivity index (χ1v) is 10.2. The van der Waals surface area contributed by atoms with Crippen LogP contribution in [-0.4, -0.2) is 42.9 Å². The van der Waals surface area contributed by atoms with Gasteiger partial charge in [-0.2, -0.15) is 0 Å². The number of rotatable bonds is 7. The third-order valence-electron chi connectivity index (χ3n) is 5.83. The van der Waals surface area contributed by atoms with Crippen molar-refractivity contribution < 1.29 is 9.59 Å². The van der Waals surface area contributed by atoms with Crippen molar-refractivity contribution >= 4 is 42.3 Å². The Morgan fingerprint density at radius 1 is 1.14 bits per heavy atom. The molecule has 3 rings (SSSR count). The fourth-order valence-corrected chi connectivity index (χ4v) is 4.17. The molecule has 2 aliphatic heterocycles. The van der Waals surface area contributed by atoms with E-state index in [-0.39, 0.29) is 42.5 Å². The van der Waals surface area contributed by atoms with E-state index in [4.69, 9.17) is 5.73 Å². The highest BCUT2D eigenvalue weighted by atomic mass is 35.5. The molecule has 1 unspecified atom stereocenters. The predicted octanol–water partition coefficient (Wildman–Crippen LogP) is 2.95. The summed E-state index contributed by atoms with van der Waals surface area (Å²) < 4.78 is 0. The summed E-state index contributed by atoms with van der Waals surface area (Å²) in [5.74, 6) is 0.477. The number of halogens is 2. The van der Waals surface area contributed by atoms with Crippen molar-refractivity contribution in [3.05, 3.63) is 29.8 Å². The molecule has 1 atom stereocenters. The van der Waals surface area contributed by atoms with Crippen LogP contribution in [0.25, 0.3) is 0 Å². The van der Waals surface area contributed by atoms with Crippen LogP contribution in [0.5, 0.6) is 0 Å². The molecule has 2 heterocycles. The smallest absolute Gasteiger partial charge is 0.224 e. The van der Waals surface area contributed by atoms with Crippen LogP contribution in [0.3, 0.4) is 0 Å². The highest BCUT2D eigenvalue weighted by Crippen LogP contribution is 2.23. The summed E-state index contributed by atoms with van der Waals surface area (Å²) in [6.45, 7) is 4.53. The van der Waals surface area contributed by atoms with Crippen LogP contribution >= 0.6 is 24.8 Å². The van der Waals surface area contributed by atoms with Gasteiger partial charge >= 0.3 is 0 Å². The third kappa shape index (κ3) is 8.13. The lowest BCUT2D eigenvalue weighted by Gasteiger charge is -2.31. The summed E-state index contributed by atoms with van der Waals surface area (Å²) in [7, 11) is 0. The van der Waals surface area contributed by atoms with E-state index in [9.17, 15) is 9.59 Å². The Hall–Kier alpha value is -1.34. The Kier molecular flexibility index (Phi) is 11.6. The Morgan fingerprint density at radius 2 is 1.86 bits per heavy atom. The molecule has 29 heavy (non-hydrogen) atoms. The molecule has 0 radical (unpaired) electrons. The van der Waals surface area contributed by atoms with Crippen LogP contribution in [0.15, 0.2) is 24.3 Å². The normalized spacial score (nSPS) is 20.2. The number of amides is 2. The zero-order valence-electron chi connectivity index (χ0n) is 16.9. The number of carbonyl (C=O) groups is 2. The topological polar surface area (TPSA) is 87.5 Å². The highest BCUT2D eigenvalue weighted by molar-refractivity contribution is 5.91. The van der Waals surface area contributed by atoms with E-state index in [0.29, 0.717) is 18.9 Å². The first-order valence-electron chi connectivity index (χ1n) is 10.2. The molecular formula is C21H34Cl2N4O2. The Bertz CT molecular complexity index is 653. The second-order valence-corrected chi connectivity index (χ2v) is 7.91. The maximum atomic E-state index is 12.4. The number of para-hydroxylation sites is 1. The van der Waals surface area contributed by atoms with E-state index in [2.05, 4.69) is 21.6 Å². The average Bonchev–Trinajstić information content (AvgIpc) is 2.69. The molecule has 2 fully saturated rings. The van der Waals surface area contributed by atoms with Gasteiger partial charge in [0.1, 0.15) is 0 Å². The molecule has 0 aromatic heterocycles. The molecule has 1 aromatic carbocycles. The van der Waals surface area contributed by atoms with Crippen molar-refractivity contribution in [2.45, 2.75) is 45.1 Å². The van der Waals surface area contributed by atoms with Crippen LogP contribution in [0.2, 0.25) is 0 Å². The van der Waals surface area contributed by atoms with Gasteiger partial charge in [-0.15, -0.1) is 24.8 Å². The highest BCUT2D eigenvalue weighted by Gasteiger charge is 2.24. The number of hydrogen-bond donors (Lipinski definition) is 3. The summed E-state index contributed by atoms with van der Waals surface area (Å²) >= 11 is 0. The monoisotopic (exact) mass is 444 g/mol. The van der Waals surface area contributed by atoms with Gasteiger partial charge in [0.15, 0.2) is 0 Å². The maximum absolute atomic E-state index is 12.4. The molecule has 8 heteroatoms. The largest absolute Gasteiger partial charge is 0.369 e. The molecule has 0 saturated carbocycles. The van der Waals surface area contributed by atoms with Crippen LogP contribution in [0, 0.1) is 11.8 Å². The number of nitrogens with one attached hydrogen (secondary N) is 2. The quantitative estimate of drug-likeness (QED) is 0.602. The number of primary amides is 1. The van der Waals surface area contributed by atoms with E-state index in [1.165, 1.54) is 12.8 Å². The van der Waals surface area contributed by atoms with E-state index in [1.807, 2.05) is 18.2 Å². The zero-order chi connectivity index (χ0) is 19.1. The van der Waals surface area contributed by atoms with Gasteiger partial charge in [-0.1, -0.05) is 18.2 Å². The average molecular weight is 445 g/mol. The summed E-state index contributed by atoms with van der Waals surface area (Å²) in [6.07, 6.45) is 5.73. The first kappa shape index (κ1) is 25.7. The summed E-state index contributed by atoms with van der Waals surface area (Å²) in [6, 6.07) is 7.97. The minimum Gasteiger partial charge on any atom is -0.369 e. The Labute approximate surface area is 186 Å². The van der Waals surface area contributed by atoms with Gasteiger partial charge in [0.05, 0.1) is 5.92 Å². The molecule has 6 nitrogen and oxygen atoms in total. The molecular weight excluding hydrogens is 411 g/mol. The number of likely N-dealkylation sites (tertiary alicyclic amines) is 1. The maximum Gasteiger partial charge on any atom is 0.224 e. The molecule has 0 bridgehead atoms. The fraction of sp³-hybridized carbons (Fsp3) is 0.619. The van der Waals surface area contributed by atoms with Gasteiger partial charge < -0.3 is 16.4 Å². The second-order valence-electron chi connectivity index (χ2n) is 7.91. The van der Waals surface area contributed by atoms with Crippen molar-refractivity contribution in [3.63, 3.8) is 0 Å². The number of hydrogen-bond acceptors (Lipinski definition) is 4. The number of anilines is 1. The molecule has 164 valence electrons. The first-order chi connectivity index (χ1) is 13.1. The van der Waals surface area contributed by atoms with E-state index < -0.39 is 0 Å². The van der Waals surface area contributed by atoms with Crippen molar-refractivity contribution in [2.24, 2.45) is 17.6 Å². The van der Waals surface area contributed by atoms with Gasteiger partial charge in [-0.3, -0.25) is 14.5 Å². The van der Waals surface area contributed by atoms with Gasteiger partial charge in [0.25, 0.3) is 0 Å². The fourth-order valence-electron chi connectivity index (χ4n) is 4.17. The molecule has 0 spiro atoms. The number of nitrogens with zero attached hydrogens (tertiary/aromatic N) is 1. The summed E-state index contributed by atoms with van der Waals surface area (Å²) in [5.41, 5.74) is 7.47. The van der Waals surface area contributed by atoms with Crippen molar-refractivity contribution in [2.75, 3.05) is 31.5 Å². The lowest BCUT2D eigenvalue weighted by atomic mass is 9.93. The molecule has 2 aliphatic rings. The lowest BCUT2D eigenvalue weighted by Crippen LogP contribution is -2.40. The van der Waals surface area contributed by atoms with Gasteiger partial charge in [0, 0.05) is 25.2 Å². The second kappa shape index (κ2) is 13.1. The van der Waals surface area contributed by atoms with Crippen molar-refractivity contribution in [1.82, 2.24) is 10.2 Å². The van der Waals surface area contributed by atoms with E-state index in [1.54, 1.807) is 0 Å². The lowest BCUT2D eigenvalue weighted by molar-refractivity contribution is -0.123. The number of piperidine rings is 2. The van der Waals surface area contributed by atoms with Crippen molar-refractivity contribution in [1.29, 1.82) is 0 Å². The SMILES string of the molecule is Cl.Cl.NC(=O)C1CCCN(Cc2ccccc2NC(=O)CCC2CCNCC2)C1. The molecule has 0 aliphatic carbocycles. The van der Waals surface area contributed by atoms with Gasteiger partial charge in [0.2, 0.25) is 11.8 Å².